The third kappa shape index (κ3) is 3.79. The van der Waals surface area contributed by atoms with Gasteiger partial charge in [-0.3, -0.25) is 0 Å². The Morgan fingerprint density at radius 2 is 1.86 bits per heavy atom. The summed E-state index contributed by atoms with van der Waals surface area (Å²) in [7, 11) is -2.86. The molecular formula is C9H19NO2S2. The first kappa shape index (κ1) is 12.3. The van der Waals surface area contributed by atoms with Gasteiger partial charge in [0, 0.05) is 13.1 Å². The molecule has 0 saturated carbocycles. The van der Waals surface area contributed by atoms with Crippen LogP contribution >= 0.6 is 12.6 Å². The molecule has 1 saturated heterocycles. The predicted octanol–water partition coefficient (Wildman–Crippen LogP) is 1.51. The highest BCUT2D eigenvalue weighted by Crippen LogP contribution is 2.14. The molecule has 1 aliphatic heterocycles. The van der Waals surface area contributed by atoms with Gasteiger partial charge in [-0.25, -0.2) is 12.7 Å². The summed E-state index contributed by atoms with van der Waals surface area (Å²) in [6.45, 7) is 1.45. The number of hydrogen-bond donors (Lipinski definition) is 1. The maximum absolute atomic E-state index is 11.4. The van der Waals surface area contributed by atoms with Gasteiger partial charge in [0.1, 0.15) is 0 Å². The fraction of sp³-hybridized carbons (Fsp3) is 1.00. The van der Waals surface area contributed by atoms with E-state index >= 15 is 0 Å². The van der Waals surface area contributed by atoms with E-state index in [9.17, 15) is 8.42 Å². The van der Waals surface area contributed by atoms with Crippen LogP contribution in [-0.2, 0) is 10.0 Å². The number of unbranched alkanes of at least 4 members (excludes halogenated alkanes) is 3. The monoisotopic (exact) mass is 237 g/mol. The molecule has 1 heterocycles. The molecule has 0 atom stereocenters. The molecule has 84 valence electrons. The number of sulfonamides is 1. The van der Waals surface area contributed by atoms with Crippen molar-refractivity contribution in [2.75, 3.05) is 24.6 Å². The molecule has 0 aromatic carbocycles. The lowest BCUT2D eigenvalue weighted by Gasteiger charge is -2.13. The molecule has 0 bridgehead atoms. The Bertz CT molecular complexity index is 252. The molecule has 1 rings (SSSR count). The van der Waals surface area contributed by atoms with E-state index in [0.29, 0.717) is 5.75 Å². The average Bonchev–Trinajstić information content (AvgIpc) is 2.45. The molecule has 0 radical (unpaired) electrons. The van der Waals surface area contributed by atoms with Gasteiger partial charge in [-0.15, -0.1) is 0 Å². The van der Waals surface area contributed by atoms with Gasteiger partial charge in [0.05, 0.1) is 5.75 Å². The van der Waals surface area contributed by atoms with Crippen LogP contribution in [0, 0.1) is 0 Å². The fourth-order valence-electron chi connectivity index (χ4n) is 1.70. The summed E-state index contributed by atoms with van der Waals surface area (Å²) < 4.78 is 24.4. The van der Waals surface area contributed by atoms with Crippen LogP contribution in [0.15, 0.2) is 0 Å². The van der Waals surface area contributed by atoms with Crippen LogP contribution in [0.4, 0.5) is 0 Å². The first-order chi connectivity index (χ1) is 6.67. The number of thiol groups is 1. The van der Waals surface area contributed by atoms with Crippen LogP contribution < -0.4 is 0 Å². The summed E-state index contributed by atoms with van der Waals surface area (Å²) in [4.78, 5) is 0. The highest BCUT2D eigenvalue weighted by molar-refractivity contribution is 7.89. The maximum Gasteiger partial charge on any atom is 0.214 e. The van der Waals surface area contributed by atoms with Crippen molar-refractivity contribution in [1.82, 2.24) is 4.31 Å². The maximum atomic E-state index is 11.4. The Morgan fingerprint density at radius 3 is 2.43 bits per heavy atom. The van der Waals surface area contributed by atoms with E-state index in [1.807, 2.05) is 0 Å². The van der Waals surface area contributed by atoms with Gasteiger partial charge in [0.25, 0.3) is 0 Å². The van der Waals surface area contributed by atoms with Gasteiger partial charge in [0.2, 0.25) is 10.0 Å². The van der Waals surface area contributed by atoms with Crippen molar-refractivity contribution in [2.45, 2.75) is 32.1 Å². The lowest BCUT2D eigenvalue weighted by Crippen LogP contribution is -2.26. The molecule has 0 unspecified atom stereocenters. The van der Waals surface area contributed by atoms with E-state index < -0.39 is 10.0 Å². The third-order valence-electron chi connectivity index (χ3n) is 2.52. The van der Waals surface area contributed by atoms with E-state index in [1.165, 1.54) is 0 Å². The van der Waals surface area contributed by atoms with Gasteiger partial charge in [-0.05, 0) is 25.0 Å². The fourth-order valence-corrected chi connectivity index (χ4v) is 3.49. The first-order valence-corrected chi connectivity index (χ1v) is 7.49. The average molecular weight is 237 g/mol. The second kappa shape index (κ2) is 5.98. The molecule has 0 aliphatic carbocycles. The zero-order valence-electron chi connectivity index (χ0n) is 8.48. The normalized spacial score (nSPS) is 21.5. The van der Waals surface area contributed by atoms with Crippen molar-refractivity contribution in [2.24, 2.45) is 0 Å². The molecule has 0 amide bonds. The minimum absolute atomic E-state index is 0.351. The lowest BCUT2D eigenvalue weighted by atomic mass is 10.2. The van der Waals surface area contributed by atoms with Gasteiger partial charge in [-0.2, -0.15) is 12.6 Å². The number of nitrogens with zero attached hydrogens (tertiary/aromatic N) is 1. The molecule has 5 heteroatoms. The predicted molar refractivity (Wildman–Crippen MR) is 62.3 cm³/mol. The van der Waals surface area contributed by atoms with Crippen molar-refractivity contribution in [3.05, 3.63) is 0 Å². The van der Waals surface area contributed by atoms with Crippen LogP contribution in [-0.4, -0.2) is 37.3 Å². The van der Waals surface area contributed by atoms with Crippen molar-refractivity contribution in [3.8, 4) is 0 Å². The highest BCUT2D eigenvalue weighted by atomic mass is 32.2. The summed E-state index contributed by atoms with van der Waals surface area (Å²) in [6, 6.07) is 0. The standard InChI is InChI=1S/C9H19NO2S2/c11-14(12)9-5-7-10(14)6-3-1-2-4-8-13/h13H,1-9H2. The zero-order valence-corrected chi connectivity index (χ0v) is 10.2. The summed E-state index contributed by atoms with van der Waals surface area (Å²) in [5.41, 5.74) is 0. The second-order valence-corrected chi connectivity index (χ2v) is 6.24. The minimum Gasteiger partial charge on any atom is -0.212 e. The third-order valence-corrected chi connectivity index (χ3v) is 4.79. The second-order valence-electron chi connectivity index (χ2n) is 3.71. The summed E-state index contributed by atoms with van der Waals surface area (Å²) >= 11 is 4.13. The van der Waals surface area contributed by atoms with Gasteiger partial charge in [-0.1, -0.05) is 12.8 Å². The molecular weight excluding hydrogens is 218 g/mol. The quantitative estimate of drug-likeness (QED) is 0.562. The highest BCUT2D eigenvalue weighted by Gasteiger charge is 2.26. The molecule has 1 fully saturated rings. The first-order valence-electron chi connectivity index (χ1n) is 5.25. The van der Waals surface area contributed by atoms with Crippen LogP contribution in [0.2, 0.25) is 0 Å². The van der Waals surface area contributed by atoms with Crippen molar-refractivity contribution >= 4 is 22.7 Å². The van der Waals surface area contributed by atoms with Crippen molar-refractivity contribution in [1.29, 1.82) is 0 Å². The van der Waals surface area contributed by atoms with E-state index in [0.717, 1.165) is 50.9 Å². The summed E-state index contributed by atoms with van der Waals surface area (Å²) in [5.74, 6) is 1.28. The smallest absolute Gasteiger partial charge is 0.212 e. The molecule has 0 aromatic rings. The number of hydrogen-bond acceptors (Lipinski definition) is 3. The Morgan fingerprint density at radius 1 is 1.14 bits per heavy atom. The van der Waals surface area contributed by atoms with Gasteiger partial charge in [0.15, 0.2) is 0 Å². The Hall–Kier alpha value is 0.260. The summed E-state index contributed by atoms with van der Waals surface area (Å²) in [5, 5.41) is 0. The Kier molecular flexibility index (Phi) is 5.26. The van der Waals surface area contributed by atoms with Gasteiger partial charge >= 0.3 is 0 Å². The minimum atomic E-state index is -2.86. The molecule has 0 N–H and O–H groups in total. The Labute approximate surface area is 92.3 Å². The van der Waals surface area contributed by atoms with E-state index in [4.69, 9.17) is 0 Å². The summed E-state index contributed by atoms with van der Waals surface area (Å²) in [6.07, 6.45) is 5.21. The van der Waals surface area contributed by atoms with Crippen molar-refractivity contribution < 1.29 is 8.42 Å². The SMILES string of the molecule is O=S1(=O)CCCN1CCCCCCS. The number of rotatable bonds is 6. The lowest BCUT2D eigenvalue weighted by molar-refractivity contribution is 0.426. The zero-order chi connectivity index (χ0) is 10.4. The van der Waals surface area contributed by atoms with E-state index in [1.54, 1.807) is 4.31 Å². The van der Waals surface area contributed by atoms with Crippen LogP contribution in [0.5, 0.6) is 0 Å². The Balaban J connectivity index is 2.13. The van der Waals surface area contributed by atoms with Crippen LogP contribution in [0.3, 0.4) is 0 Å². The topological polar surface area (TPSA) is 37.4 Å². The van der Waals surface area contributed by atoms with Crippen LogP contribution in [0.25, 0.3) is 0 Å². The molecule has 1 aliphatic rings. The van der Waals surface area contributed by atoms with Crippen LogP contribution in [0.1, 0.15) is 32.1 Å². The largest absolute Gasteiger partial charge is 0.214 e. The van der Waals surface area contributed by atoms with E-state index in [-0.39, 0.29) is 0 Å². The van der Waals surface area contributed by atoms with E-state index in [2.05, 4.69) is 12.6 Å². The molecule has 0 aromatic heterocycles. The van der Waals surface area contributed by atoms with Gasteiger partial charge < -0.3 is 0 Å². The molecule has 14 heavy (non-hydrogen) atoms. The molecule has 0 spiro atoms. The molecule has 3 nitrogen and oxygen atoms in total. The van der Waals surface area contributed by atoms with Crippen molar-refractivity contribution in [3.63, 3.8) is 0 Å².